The summed E-state index contributed by atoms with van der Waals surface area (Å²) in [6, 6.07) is 12.2. The van der Waals surface area contributed by atoms with Gasteiger partial charge in [-0.3, -0.25) is 4.79 Å². The largest absolute Gasteiger partial charge is 0.358 e. The van der Waals surface area contributed by atoms with E-state index in [1.165, 1.54) is 29.5 Å². The van der Waals surface area contributed by atoms with Crippen molar-refractivity contribution in [3.8, 4) is 0 Å². The Hall–Kier alpha value is -3.08. The van der Waals surface area contributed by atoms with E-state index in [2.05, 4.69) is 64.4 Å². The first-order valence-corrected chi connectivity index (χ1v) is 10.5. The number of carbonyl (C=O) groups excluding carboxylic acids is 1. The average molecular weight is 386 g/mol. The summed E-state index contributed by atoms with van der Waals surface area (Å²) in [6.45, 7) is 4.57. The van der Waals surface area contributed by atoms with Crippen LogP contribution < -0.4 is 5.32 Å². The Bertz CT molecular complexity index is 1200. The molecule has 0 aliphatic carbocycles. The lowest BCUT2D eigenvalue weighted by molar-refractivity contribution is 0.0960. The molecule has 2 aromatic carbocycles. The van der Waals surface area contributed by atoms with Crippen LogP contribution in [0.3, 0.4) is 0 Å². The predicted octanol–water partition coefficient (Wildman–Crippen LogP) is 5.25. The van der Waals surface area contributed by atoms with Gasteiger partial charge in [0.25, 0.3) is 5.91 Å². The average Bonchev–Trinajstić information content (AvgIpc) is 3.40. The topological polar surface area (TPSA) is 73.6 Å². The van der Waals surface area contributed by atoms with Crippen LogP contribution in [0.4, 0.5) is 0 Å². The van der Waals surface area contributed by atoms with Crippen LogP contribution in [-0.2, 0) is 6.42 Å². The monoisotopic (exact) mass is 386 g/mol. The van der Waals surface area contributed by atoms with Gasteiger partial charge in [0.15, 0.2) is 0 Å². The number of nitrogens with zero attached hydrogens (tertiary/aromatic N) is 1. The molecule has 148 valence electrons. The number of para-hydroxylation sites is 1. The lowest BCUT2D eigenvalue weighted by Crippen LogP contribution is -2.20. The first-order valence-electron chi connectivity index (χ1n) is 10.5. The van der Waals surface area contributed by atoms with Crippen LogP contribution in [0, 0.1) is 5.92 Å². The molecule has 3 N–H and O–H groups in total. The molecule has 3 heterocycles. The standard InChI is InChI=1S/C24H26N4O/c1-3-6-14(2)9-10-19-22(15-7-4-5-8-18(15)27-19)23-16-11-20-21(26-13-25-20)12-17(16)24(29)28-23/h4-5,7-8,11-14,23,27H,3,6,9-10H2,1-2H3,(H,25,26)(H,28,29). The molecular weight excluding hydrogens is 360 g/mol. The lowest BCUT2D eigenvalue weighted by Gasteiger charge is -2.16. The molecule has 5 nitrogen and oxygen atoms in total. The molecular formula is C24H26N4O. The number of rotatable bonds is 6. The summed E-state index contributed by atoms with van der Waals surface area (Å²) in [7, 11) is 0. The number of carbonyl (C=O) groups is 1. The maximum Gasteiger partial charge on any atom is 0.252 e. The molecule has 5 heteroatoms. The van der Waals surface area contributed by atoms with Crippen molar-refractivity contribution < 1.29 is 4.79 Å². The van der Waals surface area contributed by atoms with Crippen LogP contribution in [0.5, 0.6) is 0 Å². The highest BCUT2D eigenvalue weighted by molar-refractivity contribution is 6.03. The number of nitrogens with one attached hydrogen (secondary N) is 3. The number of hydrogen-bond donors (Lipinski definition) is 3. The zero-order chi connectivity index (χ0) is 20.0. The van der Waals surface area contributed by atoms with Gasteiger partial charge in [-0.1, -0.05) is 44.9 Å². The van der Waals surface area contributed by atoms with E-state index < -0.39 is 0 Å². The van der Waals surface area contributed by atoms with Crippen molar-refractivity contribution in [3.05, 3.63) is 65.1 Å². The minimum atomic E-state index is -0.141. The van der Waals surface area contributed by atoms with Crippen LogP contribution in [0.1, 0.15) is 66.3 Å². The number of fused-ring (bicyclic) bond motifs is 3. The summed E-state index contributed by atoms with van der Waals surface area (Å²) >= 11 is 0. The first-order chi connectivity index (χ1) is 14.2. The Kier molecular flexibility index (Phi) is 4.38. The van der Waals surface area contributed by atoms with E-state index in [1.807, 2.05) is 6.07 Å². The second kappa shape index (κ2) is 7.07. The van der Waals surface area contributed by atoms with E-state index >= 15 is 0 Å². The summed E-state index contributed by atoms with van der Waals surface area (Å²) in [5.74, 6) is 0.666. The van der Waals surface area contributed by atoms with Gasteiger partial charge in [0, 0.05) is 27.7 Å². The van der Waals surface area contributed by atoms with Crippen LogP contribution in [0.25, 0.3) is 21.9 Å². The molecule has 1 aliphatic heterocycles. The van der Waals surface area contributed by atoms with E-state index in [9.17, 15) is 4.79 Å². The number of aryl methyl sites for hydroxylation is 1. The molecule has 2 aromatic heterocycles. The zero-order valence-corrected chi connectivity index (χ0v) is 16.9. The normalized spacial score (nSPS) is 17.0. The third-order valence-corrected chi connectivity index (χ3v) is 6.21. The summed E-state index contributed by atoms with van der Waals surface area (Å²) < 4.78 is 0. The van der Waals surface area contributed by atoms with Crippen molar-refractivity contribution >= 4 is 27.8 Å². The van der Waals surface area contributed by atoms with Crippen LogP contribution >= 0.6 is 0 Å². The second-order valence-corrected chi connectivity index (χ2v) is 8.26. The Labute approximate surface area is 169 Å². The number of aromatic nitrogens is 3. The lowest BCUT2D eigenvalue weighted by atomic mass is 9.92. The quantitative estimate of drug-likeness (QED) is 0.424. The van der Waals surface area contributed by atoms with E-state index in [1.54, 1.807) is 6.33 Å². The molecule has 0 fully saturated rings. The van der Waals surface area contributed by atoms with E-state index in [-0.39, 0.29) is 11.9 Å². The van der Waals surface area contributed by atoms with Gasteiger partial charge in [-0.05, 0) is 42.5 Å². The van der Waals surface area contributed by atoms with Crippen LogP contribution in [-0.4, -0.2) is 20.9 Å². The number of imidazole rings is 1. The number of hydrogen-bond acceptors (Lipinski definition) is 2. The Morgan fingerprint density at radius 1 is 1.14 bits per heavy atom. The number of aromatic amines is 2. The molecule has 0 saturated carbocycles. The smallest absolute Gasteiger partial charge is 0.252 e. The van der Waals surface area contributed by atoms with Crippen molar-refractivity contribution in [2.75, 3.05) is 0 Å². The third-order valence-electron chi connectivity index (χ3n) is 6.21. The highest BCUT2D eigenvalue weighted by atomic mass is 16.2. The maximum atomic E-state index is 12.8. The van der Waals surface area contributed by atoms with Crippen LogP contribution in [0.15, 0.2) is 42.7 Å². The zero-order valence-electron chi connectivity index (χ0n) is 16.9. The Morgan fingerprint density at radius 3 is 2.86 bits per heavy atom. The molecule has 1 aliphatic rings. The fourth-order valence-corrected chi connectivity index (χ4v) is 4.72. The van der Waals surface area contributed by atoms with Gasteiger partial charge in [0.1, 0.15) is 0 Å². The van der Waals surface area contributed by atoms with Gasteiger partial charge in [0.2, 0.25) is 0 Å². The molecule has 0 saturated heterocycles. The van der Waals surface area contributed by atoms with Gasteiger partial charge in [-0.25, -0.2) is 4.98 Å². The number of benzene rings is 2. The molecule has 0 bridgehead atoms. The van der Waals surface area contributed by atoms with Crippen molar-refractivity contribution in [1.82, 2.24) is 20.3 Å². The second-order valence-electron chi connectivity index (χ2n) is 8.26. The van der Waals surface area contributed by atoms with E-state index in [0.29, 0.717) is 5.92 Å². The van der Waals surface area contributed by atoms with Gasteiger partial charge in [-0.2, -0.15) is 0 Å². The Balaban J connectivity index is 1.61. The molecule has 4 aromatic rings. The fourth-order valence-electron chi connectivity index (χ4n) is 4.72. The fraction of sp³-hybridized carbons (Fsp3) is 0.333. The molecule has 2 atom stereocenters. The summed E-state index contributed by atoms with van der Waals surface area (Å²) in [4.78, 5) is 23.9. The minimum Gasteiger partial charge on any atom is -0.358 e. The summed E-state index contributed by atoms with van der Waals surface area (Å²) in [5.41, 5.74) is 7.11. The highest BCUT2D eigenvalue weighted by Gasteiger charge is 2.33. The van der Waals surface area contributed by atoms with Crippen molar-refractivity contribution in [2.45, 2.75) is 45.6 Å². The summed E-state index contributed by atoms with van der Waals surface area (Å²) in [6.07, 6.45) is 6.27. The number of H-pyrrole nitrogens is 2. The van der Waals surface area contributed by atoms with E-state index in [4.69, 9.17) is 0 Å². The molecule has 0 radical (unpaired) electrons. The molecule has 1 amide bonds. The van der Waals surface area contributed by atoms with Crippen molar-refractivity contribution in [2.24, 2.45) is 5.92 Å². The van der Waals surface area contributed by atoms with E-state index in [0.717, 1.165) is 40.5 Å². The maximum absolute atomic E-state index is 12.8. The van der Waals surface area contributed by atoms with Gasteiger partial charge >= 0.3 is 0 Å². The van der Waals surface area contributed by atoms with Crippen molar-refractivity contribution in [1.29, 1.82) is 0 Å². The molecule has 0 spiro atoms. The third kappa shape index (κ3) is 3.01. The minimum absolute atomic E-state index is 0.0227. The summed E-state index contributed by atoms with van der Waals surface area (Å²) in [5, 5.41) is 4.42. The molecule has 2 unspecified atom stereocenters. The molecule has 5 rings (SSSR count). The van der Waals surface area contributed by atoms with Gasteiger partial charge < -0.3 is 15.3 Å². The number of amides is 1. The first kappa shape index (κ1) is 18.0. The highest BCUT2D eigenvalue weighted by Crippen LogP contribution is 2.39. The van der Waals surface area contributed by atoms with Crippen LogP contribution in [0.2, 0.25) is 0 Å². The Morgan fingerprint density at radius 2 is 2.00 bits per heavy atom. The molecule has 29 heavy (non-hydrogen) atoms. The van der Waals surface area contributed by atoms with Crippen molar-refractivity contribution in [3.63, 3.8) is 0 Å². The predicted molar refractivity (Wildman–Crippen MR) is 116 cm³/mol. The SMILES string of the molecule is CCCC(C)CCc1[nH]c2ccccc2c1C1NC(=O)c2cc3nc[nH]c3cc21. The van der Waals surface area contributed by atoms with Gasteiger partial charge in [-0.15, -0.1) is 0 Å². The van der Waals surface area contributed by atoms with Gasteiger partial charge in [0.05, 0.1) is 23.4 Å².